The van der Waals surface area contributed by atoms with E-state index in [9.17, 15) is 9.90 Å². The summed E-state index contributed by atoms with van der Waals surface area (Å²) in [5.41, 5.74) is 1.66. The van der Waals surface area contributed by atoms with Crippen LogP contribution in [0.25, 0.3) is 12.2 Å². The zero-order chi connectivity index (χ0) is 18.4. The molecule has 0 bridgehead atoms. The highest BCUT2D eigenvalue weighted by Crippen LogP contribution is 2.38. The maximum atomic E-state index is 11.3. The summed E-state index contributed by atoms with van der Waals surface area (Å²) >= 11 is 0. The van der Waals surface area contributed by atoms with Gasteiger partial charge in [0.1, 0.15) is 11.3 Å². The SMILES string of the molecule is COc1ccc(/C=C\c2cc(OC)c(OC)c(OC)c2)cc1C(=O)O. The van der Waals surface area contributed by atoms with Crippen LogP contribution in [0, 0.1) is 0 Å². The first-order valence-electron chi connectivity index (χ1n) is 7.43. The summed E-state index contributed by atoms with van der Waals surface area (Å²) in [5.74, 6) is 0.877. The molecule has 0 radical (unpaired) electrons. The van der Waals surface area contributed by atoms with Crippen molar-refractivity contribution in [2.75, 3.05) is 28.4 Å². The Hall–Kier alpha value is -3.15. The molecule has 6 nitrogen and oxygen atoms in total. The van der Waals surface area contributed by atoms with Crippen molar-refractivity contribution in [3.05, 3.63) is 47.0 Å². The fraction of sp³-hybridized carbons (Fsp3) is 0.211. The van der Waals surface area contributed by atoms with Crippen LogP contribution < -0.4 is 18.9 Å². The molecule has 0 spiro atoms. The summed E-state index contributed by atoms with van der Waals surface area (Å²) in [6.07, 6.45) is 3.63. The third-order valence-electron chi connectivity index (χ3n) is 3.61. The average Bonchev–Trinajstić information content (AvgIpc) is 2.64. The van der Waals surface area contributed by atoms with Crippen molar-refractivity contribution in [1.82, 2.24) is 0 Å². The van der Waals surface area contributed by atoms with Gasteiger partial charge in [-0.2, -0.15) is 0 Å². The third-order valence-corrected chi connectivity index (χ3v) is 3.61. The molecule has 2 rings (SSSR count). The van der Waals surface area contributed by atoms with Gasteiger partial charge in [-0.25, -0.2) is 4.79 Å². The average molecular weight is 344 g/mol. The first-order valence-corrected chi connectivity index (χ1v) is 7.43. The van der Waals surface area contributed by atoms with E-state index >= 15 is 0 Å². The topological polar surface area (TPSA) is 74.2 Å². The molecule has 0 aliphatic carbocycles. The van der Waals surface area contributed by atoms with Crippen LogP contribution >= 0.6 is 0 Å². The lowest BCUT2D eigenvalue weighted by Gasteiger charge is -2.12. The largest absolute Gasteiger partial charge is 0.496 e. The second-order valence-corrected chi connectivity index (χ2v) is 5.06. The number of methoxy groups -OCH3 is 4. The Labute approximate surface area is 146 Å². The Balaban J connectivity index is 2.39. The molecule has 0 aliphatic heterocycles. The Bertz CT molecular complexity index is 769. The van der Waals surface area contributed by atoms with Crippen molar-refractivity contribution >= 4 is 18.1 Å². The molecule has 0 saturated carbocycles. The summed E-state index contributed by atoms with van der Waals surface area (Å²) in [7, 11) is 6.08. The van der Waals surface area contributed by atoms with E-state index in [0.29, 0.717) is 23.0 Å². The van der Waals surface area contributed by atoms with Gasteiger partial charge in [0.05, 0.1) is 28.4 Å². The van der Waals surface area contributed by atoms with E-state index in [2.05, 4.69) is 0 Å². The lowest BCUT2D eigenvalue weighted by Crippen LogP contribution is -2.00. The quantitative estimate of drug-likeness (QED) is 0.774. The molecular weight excluding hydrogens is 324 g/mol. The molecule has 132 valence electrons. The van der Waals surface area contributed by atoms with Crippen LogP contribution in [0.2, 0.25) is 0 Å². The van der Waals surface area contributed by atoms with Gasteiger partial charge in [-0.15, -0.1) is 0 Å². The summed E-state index contributed by atoms with van der Waals surface area (Å²) < 4.78 is 21.0. The first-order chi connectivity index (χ1) is 12.0. The minimum Gasteiger partial charge on any atom is -0.496 e. The minimum atomic E-state index is -1.04. The fourth-order valence-corrected chi connectivity index (χ4v) is 2.39. The van der Waals surface area contributed by atoms with Gasteiger partial charge in [-0.05, 0) is 35.4 Å². The van der Waals surface area contributed by atoms with Crippen molar-refractivity contribution in [2.45, 2.75) is 0 Å². The number of carboxylic acids is 1. The normalized spacial score (nSPS) is 10.6. The Kier molecular flexibility index (Phi) is 5.89. The van der Waals surface area contributed by atoms with Crippen molar-refractivity contribution in [1.29, 1.82) is 0 Å². The molecule has 25 heavy (non-hydrogen) atoms. The van der Waals surface area contributed by atoms with Crippen LogP contribution in [0.5, 0.6) is 23.0 Å². The number of benzene rings is 2. The van der Waals surface area contributed by atoms with Gasteiger partial charge in [0.15, 0.2) is 11.5 Å². The molecule has 0 heterocycles. The fourth-order valence-electron chi connectivity index (χ4n) is 2.39. The maximum Gasteiger partial charge on any atom is 0.339 e. The molecule has 1 N–H and O–H groups in total. The lowest BCUT2D eigenvalue weighted by molar-refractivity contribution is 0.0693. The molecular formula is C19H20O6. The van der Waals surface area contributed by atoms with Gasteiger partial charge in [0, 0.05) is 0 Å². The Morgan fingerprint density at radius 3 is 1.84 bits per heavy atom. The molecule has 2 aromatic carbocycles. The first kappa shape index (κ1) is 18.2. The Morgan fingerprint density at radius 1 is 0.800 bits per heavy atom. The predicted molar refractivity (Wildman–Crippen MR) is 95.0 cm³/mol. The minimum absolute atomic E-state index is 0.106. The van der Waals surface area contributed by atoms with E-state index in [1.54, 1.807) is 57.7 Å². The van der Waals surface area contributed by atoms with Crippen LogP contribution in [0.15, 0.2) is 30.3 Å². The maximum absolute atomic E-state index is 11.3. The second kappa shape index (κ2) is 8.10. The number of rotatable bonds is 7. The number of ether oxygens (including phenoxy) is 4. The molecule has 0 amide bonds. The monoisotopic (exact) mass is 344 g/mol. The summed E-state index contributed by atoms with van der Waals surface area (Å²) in [6.45, 7) is 0. The Morgan fingerprint density at radius 2 is 1.36 bits per heavy atom. The summed E-state index contributed by atoms with van der Waals surface area (Å²) in [5, 5.41) is 9.25. The van der Waals surface area contributed by atoms with Crippen LogP contribution in [0.1, 0.15) is 21.5 Å². The zero-order valence-corrected chi connectivity index (χ0v) is 14.5. The van der Waals surface area contributed by atoms with Crippen molar-refractivity contribution in [3.63, 3.8) is 0 Å². The molecule has 2 aromatic rings. The van der Waals surface area contributed by atoms with Gasteiger partial charge in [0.25, 0.3) is 0 Å². The number of hydrogen-bond acceptors (Lipinski definition) is 5. The molecule has 0 aliphatic rings. The van der Waals surface area contributed by atoms with E-state index < -0.39 is 5.97 Å². The van der Waals surface area contributed by atoms with Gasteiger partial charge in [-0.3, -0.25) is 0 Å². The highest BCUT2D eigenvalue weighted by molar-refractivity contribution is 5.92. The molecule has 0 atom stereocenters. The molecule has 0 saturated heterocycles. The second-order valence-electron chi connectivity index (χ2n) is 5.06. The van der Waals surface area contributed by atoms with E-state index in [-0.39, 0.29) is 5.56 Å². The summed E-state index contributed by atoms with van der Waals surface area (Å²) in [4.78, 5) is 11.3. The van der Waals surface area contributed by atoms with Crippen LogP contribution in [-0.2, 0) is 0 Å². The van der Waals surface area contributed by atoms with E-state index in [1.165, 1.54) is 7.11 Å². The lowest BCUT2D eigenvalue weighted by atomic mass is 10.1. The predicted octanol–water partition coefficient (Wildman–Crippen LogP) is 3.59. The molecule has 0 unspecified atom stereocenters. The van der Waals surface area contributed by atoms with Gasteiger partial charge < -0.3 is 24.1 Å². The van der Waals surface area contributed by atoms with Crippen molar-refractivity contribution < 1.29 is 28.8 Å². The third kappa shape index (κ3) is 4.03. The standard InChI is InChI=1S/C19H20O6/c1-22-15-8-7-12(9-14(15)19(20)21)5-6-13-10-16(23-2)18(25-4)17(11-13)24-3/h5-11H,1-4H3,(H,20,21)/b6-5-. The number of hydrogen-bond donors (Lipinski definition) is 1. The van der Waals surface area contributed by atoms with Crippen LogP contribution in [0.4, 0.5) is 0 Å². The highest BCUT2D eigenvalue weighted by Gasteiger charge is 2.13. The molecule has 0 aromatic heterocycles. The molecule has 6 heteroatoms. The number of carbonyl (C=O) groups is 1. The van der Waals surface area contributed by atoms with E-state index in [1.807, 2.05) is 6.08 Å². The zero-order valence-electron chi connectivity index (χ0n) is 14.5. The molecule has 0 fully saturated rings. The smallest absolute Gasteiger partial charge is 0.339 e. The number of aromatic carboxylic acids is 1. The van der Waals surface area contributed by atoms with Crippen LogP contribution in [0.3, 0.4) is 0 Å². The van der Waals surface area contributed by atoms with Gasteiger partial charge >= 0.3 is 5.97 Å². The highest BCUT2D eigenvalue weighted by atomic mass is 16.5. The van der Waals surface area contributed by atoms with Crippen molar-refractivity contribution in [3.8, 4) is 23.0 Å². The summed E-state index contributed by atoms with van der Waals surface area (Å²) in [6, 6.07) is 8.56. The van der Waals surface area contributed by atoms with Gasteiger partial charge in [-0.1, -0.05) is 18.2 Å². The number of carboxylic acid groups (broad SMARTS) is 1. The van der Waals surface area contributed by atoms with Gasteiger partial charge in [0.2, 0.25) is 5.75 Å². The van der Waals surface area contributed by atoms with E-state index in [4.69, 9.17) is 18.9 Å². The van der Waals surface area contributed by atoms with E-state index in [0.717, 1.165) is 11.1 Å². The van der Waals surface area contributed by atoms with Crippen molar-refractivity contribution in [2.24, 2.45) is 0 Å². The van der Waals surface area contributed by atoms with Crippen LogP contribution in [-0.4, -0.2) is 39.5 Å².